The van der Waals surface area contributed by atoms with Gasteiger partial charge in [-0.05, 0) is 13.5 Å². The third-order valence-corrected chi connectivity index (χ3v) is 2.25. The molecule has 0 aromatic carbocycles. The van der Waals surface area contributed by atoms with E-state index in [1.807, 2.05) is 6.92 Å². The molecule has 0 aliphatic carbocycles. The number of amides is 1. The molecule has 1 amide bonds. The van der Waals surface area contributed by atoms with Gasteiger partial charge < -0.3 is 14.8 Å². The molecule has 0 bridgehead atoms. The molecule has 0 atom stereocenters. The van der Waals surface area contributed by atoms with Crippen LogP contribution in [0.25, 0.3) is 0 Å². The van der Waals surface area contributed by atoms with E-state index in [9.17, 15) is 4.79 Å². The van der Waals surface area contributed by atoms with Gasteiger partial charge in [-0.3, -0.25) is 9.69 Å². The van der Waals surface area contributed by atoms with E-state index in [1.165, 1.54) is 0 Å². The Morgan fingerprint density at radius 2 is 2.12 bits per heavy atom. The van der Waals surface area contributed by atoms with Crippen molar-refractivity contribution in [2.45, 2.75) is 13.8 Å². The van der Waals surface area contributed by atoms with Crippen LogP contribution in [0.4, 0.5) is 0 Å². The lowest BCUT2D eigenvalue weighted by Gasteiger charge is -2.19. The minimum atomic E-state index is -0.0513. The summed E-state index contributed by atoms with van der Waals surface area (Å²) in [6.07, 6.45) is 0. The van der Waals surface area contributed by atoms with Gasteiger partial charge in [-0.1, -0.05) is 6.92 Å². The average molecular weight is 234 g/mol. The number of nitrogens with zero attached hydrogens (tertiary/aromatic N) is 1. The van der Waals surface area contributed by atoms with Crippen molar-refractivity contribution in [1.82, 2.24) is 10.2 Å². The molecular weight excluding hydrogens is 208 g/mol. The molecule has 5 heteroatoms. The van der Waals surface area contributed by atoms with E-state index >= 15 is 0 Å². The molecule has 5 nitrogen and oxygen atoms in total. The Morgan fingerprint density at radius 1 is 1.38 bits per heavy atom. The van der Waals surface area contributed by atoms with Crippen LogP contribution in [0, 0.1) is 0 Å². The SMILES string of the molecule is CCOCC(=O)NCCN(CC)CCOC.[HH]. The summed E-state index contributed by atoms with van der Waals surface area (Å²) in [7, 11) is 1.69. The van der Waals surface area contributed by atoms with Crippen LogP contribution in [0.3, 0.4) is 0 Å². The lowest BCUT2D eigenvalue weighted by Crippen LogP contribution is -2.37. The maximum atomic E-state index is 11.2. The van der Waals surface area contributed by atoms with Crippen molar-refractivity contribution in [3.63, 3.8) is 0 Å². The predicted molar refractivity (Wildman–Crippen MR) is 65.6 cm³/mol. The van der Waals surface area contributed by atoms with Crippen molar-refractivity contribution in [2.75, 3.05) is 53.1 Å². The van der Waals surface area contributed by atoms with Crippen LogP contribution in [0.5, 0.6) is 0 Å². The summed E-state index contributed by atoms with van der Waals surface area (Å²) < 4.78 is 10.0. The predicted octanol–water partition coefficient (Wildman–Crippen LogP) is 0.353. The van der Waals surface area contributed by atoms with Gasteiger partial charge in [0.1, 0.15) is 6.61 Å². The molecule has 0 heterocycles. The maximum absolute atomic E-state index is 11.2. The standard InChI is InChI=1S/C11H24N2O3.H2/c1-4-13(8-9-15-3)7-6-12-11(14)10-16-5-2;/h4-10H2,1-3H3,(H,12,14);1H. The van der Waals surface area contributed by atoms with Crippen LogP contribution < -0.4 is 5.32 Å². The molecule has 0 spiro atoms. The number of rotatable bonds is 10. The van der Waals surface area contributed by atoms with Crippen molar-refractivity contribution in [3.8, 4) is 0 Å². The molecule has 0 aliphatic heterocycles. The van der Waals surface area contributed by atoms with Crippen molar-refractivity contribution in [2.24, 2.45) is 0 Å². The highest BCUT2D eigenvalue weighted by Crippen LogP contribution is 1.86. The van der Waals surface area contributed by atoms with Gasteiger partial charge in [0.05, 0.1) is 6.61 Å². The topological polar surface area (TPSA) is 50.8 Å². The summed E-state index contributed by atoms with van der Waals surface area (Å²) in [6.45, 7) is 8.78. The number of carbonyl (C=O) groups is 1. The van der Waals surface area contributed by atoms with Gasteiger partial charge in [0.25, 0.3) is 0 Å². The fourth-order valence-corrected chi connectivity index (χ4v) is 1.25. The second kappa shape index (κ2) is 10.9. The quantitative estimate of drug-likeness (QED) is 0.593. The molecular formula is C11H26N2O3. The fraction of sp³-hybridized carbons (Fsp3) is 0.909. The van der Waals surface area contributed by atoms with E-state index in [0.29, 0.717) is 13.2 Å². The maximum Gasteiger partial charge on any atom is 0.246 e. The first kappa shape index (κ1) is 15.3. The van der Waals surface area contributed by atoms with Crippen molar-refractivity contribution >= 4 is 5.91 Å². The van der Waals surface area contributed by atoms with Crippen LogP contribution in [0.2, 0.25) is 0 Å². The van der Waals surface area contributed by atoms with Gasteiger partial charge in [0.2, 0.25) is 5.91 Å². The second-order valence-electron chi connectivity index (χ2n) is 3.41. The number of nitrogens with one attached hydrogen (secondary N) is 1. The van der Waals surface area contributed by atoms with E-state index < -0.39 is 0 Å². The third kappa shape index (κ3) is 8.64. The largest absolute Gasteiger partial charge is 0.383 e. The van der Waals surface area contributed by atoms with Crippen LogP contribution in [-0.2, 0) is 14.3 Å². The van der Waals surface area contributed by atoms with Crippen molar-refractivity contribution in [3.05, 3.63) is 0 Å². The van der Waals surface area contributed by atoms with Crippen LogP contribution in [0.1, 0.15) is 15.3 Å². The molecule has 98 valence electrons. The highest BCUT2D eigenvalue weighted by Gasteiger charge is 2.03. The normalized spacial score (nSPS) is 10.8. The monoisotopic (exact) mass is 234 g/mol. The van der Waals surface area contributed by atoms with Crippen LogP contribution in [-0.4, -0.2) is 63.9 Å². The summed E-state index contributed by atoms with van der Waals surface area (Å²) in [4.78, 5) is 13.4. The molecule has 0 saturated heterocycles. The van der Waals surface area contributed by atoms with E-state index in [-0.39, 0.29) is 13.9 Å². The van der Waals surface area contributed by atoms with E-state index in [2.05, 4.69) is 17.1 Å². The van der Waals surface area contributed by atoms with Gasteiger partial charge in [0, 0.05) is 34.8 Å². The molecule has 1 N–H and O–H groups in total. The van der Waals surface area contributed by atoms with Crippen molar-refractivity contribution in [1.29, 1.82) is 0 Å². The molecule has 0 unspecified atom stereocenters. The third-order valence-electron chi connectivity index (χ3n) is 2.25. The Kier molecular flexibility index (Phi) is 10.4. The first-order valence-corrected chi connectivity index (χ1v) is 5.80. The summed E-state index contributed by atoms with van der Waals surface area (Å²) in [5.41, 5.74) is 0. The first-order chi connectivity index (χ1) is 7.74. The Labute approximate surface area is 99.6 Å². The van der Waals surface area contributed by atoms with E-state index in [4.69, 9.17) is 9.47 Å². The molecule has 0 fully saturated rings. The number of methoxy groups -OCH3 is 1. The zero-order valence-electron chi connectivity index (χ0n) is 10.6. The number of ether oxygens (including phenoxy) is 2. The fourth-order valence-electron chi connectivity index (χ4n) is 1.25. The highest BCUT2D eigenvalue weighted by atomic mass is 16.5. The Morgan fingerprint density at radius 3 is 2.69 bits per heavy atom. The molecule has 0 rings (SSSR count). The lowest BCUT2D eigenvalue weighted by molar-refractivity contribution is -0.125. The second-order valence-corrected chi connectivity index (χ2v) is 3.41. The summed E-state index contributed by atoms with van der Waals surface area (Å²) >= 11 is 0. The number of carbonyl (C=O) groups excluding carboxylic acids is 1. The highest BCUT2D eigenvalue weighted by molar-refractivity contribution is 5.77. The number of likely N-dealkylation sites (N-methyl/N-ethyl adjacent to an activating group) is 1. The molecule has 0 aliphatic rings. The molecule has 0 saturated carbocycles. The van der Waals surface area contributed by atoms with Gasteiger partial charge in [-0.15, -0.1) is 0 Å². The van der Waals surface area contributed by atoms with Gasteiger partial charge in [-0.25, -0.2) is 0 Å². The smallest absolute Gasteiger partial charge is 0.246 e. The van der Waals surface area contributed by atoms with E-state index in [0.717, 1.165) is 26.2 Å². The Bertz CT molecular complexity index is 182. The zero-order chi connectivity index (χ0) is 12.2. The first-order valence-electron chi connectivity index (χ1n) is 5.80. The van der Waals surface area contributed by atoms with Gasteiger partial charge >= 0.3 is 0 Å². The number of hydrogen-bond acceptors (Lipinski definition) is 4. The van der Waals surface area contributed by atoms with Crippen LogP contribution >= 0.6 is 0 Å². The van der Waals surface area contributed by atoms with Crippen molar-refractivity contribution < 1.29 is 15.7 Å². The lowest BCUT2D eigenvalue weighted by atomic mass is 10.4. The average Bonchev–Trinajstić information content (AvgIpc) is 2.30. The van der Waals surface area contributed by atoms with Crippen LogP contribution in [0.15, 0.2) is 0 Å². The zero-order valence-corrected chi connectivity index (χ0v) is 10.6. The van der Waals surface area contributed by atoms with Gasteiger partial charge in [0.15, 0.2) is 0 Å². The Hall–Kier alpha value is -0.650. The molecule has 0 aromatic heterocycles. The minimum absolute atomic E-state index is 0. The molecule has 16 heavy (non-hydrogen) atoms. The number of hydrogen-bond donors (Lipinski definition) is 1. The summed E-state index contributed by atoms with van der Waals surface area (Å²) in [5.74, 6) is -0.0513. The minimum Gasteiger partial charge on any atom is -0.383 e. The Balaban J connectivity index is 0. The van der Waals surface area contributed by atoms with Gasteiger partial charge in [-0.2, -0.15) is 0 Å². The summed E-state index contributed by atoms with van der Waals surface area (Å²) in [5, 5.41) is 2.81. The molecule has 0 aromatic rings. The molecule has 0 radical (unpaired) electrons. The summed E-state index contributed by atoms with van der Waals surface area (Å²) in [6, 6.07) is 0. The van der Waals surface area contributed by atoms with E-state index in [1.54, 1.807) is 7.11 Å².